The highest BCUT2D eigenvalue weighted by Crippen LogP contribution is 2.24. The van der Waals surface area contributed by atoms with Gasteiger partial charge in [0, 0.05) is 16.6 Å². The highest BCUT2D eigenvalue weighted by atomic mass is 35.5. The van der Waals surface area contributed by atoms with E-state index in [1.807, 2.05) is 0 Å². The van der Waals surface area contributed by atoms with Crippen molar-refractivity contribution in [1.82, 2.24) is 5.32 Å². The molecule has 18 heavy (non-hydrogen) atoms. The molecule has 0 heterocycles. The lowest BCUT2D eigenvalue weighted by atomic mass is 9.86. The van der Waals surface area contributed by atoms with Crippen molar-refractivity contribution in [3.8, 4) is 0 Å². The maximum atomic E-state index is 13.2. The van der Waals surface area contributed by atoms with E-state index in [0.717, 1.165) is 19.3 Å². The number of benzene rings is 1. The van der Waals surface area contributed by atoms with Crippen molar-refractivity contribution >= 4 is 17.5 Å². The van der Waals surface area contributed by atoms with Gasteiger partial charge in [-0.05, 0) is 37.0 Å². The van der Waals surface area contributed by atoms with Crippen molar-refractivity contribution in [2.45, 2.75) is 38.6 Å². The van der Waals surface area contributed by atoms with Crippen molar-refractivity contribution in [1.29, 1.82) is 0 Å². The second-order valence-corrected chi connectivity index (χ2v) is 5.44. The van der Waals surface area contributed by atoms with Crippen LogP contribution in [0.15, 0.2) is 18.2 Å². The van der Waals surface area contributed by atoms with Crippen LogP contribution < -0.4 is 5.32 Å². The van der Waals surface area contributed by atoms with Crippen LogP contribution in [-0.4, -0.2) is 11.9 Å². The van der Waals surface area contributed by atoms with E-state index in [-0.39, 0.29) is 22.5 Å². The van der Waals surface area contributed by atoms with Crippen molar-refractivity contribution in [3.63, 3.8) is 0 Å². The molecule has 4 heteroatoms. The van der Waals surface area contributed by atoms with E-state index in [1.54, 1.807) is 0 Å². The largest absolute Gasteiger partial charge is 0.349 e. The van der Waals surface area contributed by atoms with Gasteiger partial charge in [0.05, 0.1) is 0 Å². The molecule has 0 aliphatic heterocycles. The van der Waals surface area contributed by atoms with Crippen LogP contribution in [0.4, 0.5) is 4.39 Å². The molecular formula is C14H17ClFNO. The summed E-state index contributed by atoms with van der Waals surface area (Å²) in [7, 11) is 0. The first-order valence-electron chi connectivity index (χ1n) is 6.33. The minimum Gasteiger partial charge on any atom is -0.349 e. The SMILES string of the molecule is CC1CCCCC1NC(=O)c1cc(F)cc(Cl)c1. The topological polar surface area (TPSA) is 29.1 Å². The van der Waals surface area contributed by atoms with Crippen LogP contribution in [0.25, 0.3) is 0 Å². The molecule has 2 nitrogen and oxygen atoms in total. The molecule has 1 aromatic carbocycles. The van der Waals surface area contributed by atoms with Gasteiger partial charge in [0.25, 0.3) is 5.91 Å². The number of halogens is 2. The van der Waals surface area contributed by atoms with Gasteiger partial charge < -0.3 is 5.32 Å². The zero-order valence-electron chi connectivity index (χ0n) is 10.4. The number of rotatable bonds is 2. The third-order valence-corrected chi connectivity index (χ3v) is 3.77. The normalized spacial score (nSPS) is 23.7. The fraction of sp³-hybridized carbons (Fsp3) is 0.500. The molecule has 0 radical (unpaired) electrons. The van der Waals surface area contributed by atoms with Crippen LogP contribution in [-0.2, 0) is 0 Å². The quantitative estimate of drug-likeness (QED) is 0.870. The van der Waals surface area contributed by atoms with E-state index in [4.69, 9.17) is 11.6 Å². The molecule has 1 aliphatic carbocycles. The number of hydrogen-bond acceptors (Lipinski definition) is 1. The predicted octanol–water partition coefficient (Wildman–Crippen LogP) is 3.79. The first-order chi connectivity index (χ1) is 8.56. The van der Waals surface area contributed by atoms with Crippen LogP contribution in [0.2, 0.25) is 5.02 Å². The number of carbonyl (C=O) groups is 1. The lowest BCUT2D eigenvalue weighted by molar-refractivity contribution is 0.0910. The molecule has 1 aromatic rings. The summed E-state index contributed by atoms with van der Waals surface area (Å²) in [5.74, 6) is -0.244. The Morgan fingerprint density at radius 3 is 2.72 bits per heavy atom. The molecule has 1 aliphatic rings. The molecule has 2 atom stereocenters. The fourth-order valence-corrected chi connectivity index (χ4v) is 2.69. The van der Waals surface area contributed by atoms with Crippen molar-refractivity contribution in [2.24, 2.45) is 5.92 Å². The Labute approximate surface area is 112 Å². The van der Waals surface area contributed by atoms with Gasteiger partial charge in [-0.25, -0.2) is 4.39 Å². The summed E-state index contributed by atoms with van der Waals surface area (Å²) in [4.78, 5) is 12.0. The zero-order chi connectivity index (χ0) is 13.1. The summed E-state index contributed by atoms with van der Waals surface area (Å²) < 4.78 is 13.2. The van der Waals surface area contributed by atoms with E-state index >= 15 is 0 Å². The molecule has 98 valence electrons. The second-order valence-electron chi connectivity index (χ2n) is 5.00. The standard InChI is InChI=1S/C14H17ClFNO/c1-9-4-2-3-5-13(9)17-14(18)10-6-11(15)8-12(16)7-10/h6-9,13H,2-5H2,1H3,(H,17,18). The van der Waals surface area contributed by atoms with Gasteiger partial charge in [-0.3, -0.25) is 4.79 Å². The van der Waals surface area contributed by atoms with Gasteiger partial charge in [0.2, 0.25) is 0 Å². The maximum absolute atomic E-state index is 13.2. The van der Waals surface area contributed by atoms with E-state index in [2.05, 4.69) is 12.2 Å². The molecule has 2 rings (SSSR count). The smallest absolute Gasteiger partial charge is 0.251 e. The summed E-state index contributed by atoms with van der Waals surface area (Å²) in [6, 6.07) is 4.09. The number of nitrogens with one attached hydrogen (secondary N) is 1. The van der Waals surface area contributed by atoms with Crippen LogP contribution >= 0.6 is 11.6 Å². The molecule has 0 spiro atoms. The fourth-order valence-electron chi connectivity index (χ4n) is 2.47. The van der Waals surface area contributed by atoms with Crippen LogP contribution in [0.3, 0.4) is 0 Å². The summed E-state index contributed by atoms with van der Waals surface area (Å²) in [5.41, 5.74) is 0.290. The summed E-state index contributed by atoms with van der Waals surface area (Å²) >= 11 is 5.75. The summed E-state index contributed by atoms with van der Waals surface area (Å²) in [6.07, 6.45) is 4.49. The first-order valence-corrected chi connectivity index (χ1v) is 6.71. The highest BCUT2D eigenvalue weighted by Gasteiger charge is 2.23. The average molecular weight is 270 g/mol. The Morgan fingerprint density at radius 1 is 1.33 bits per heavy atom. The van der Waals surface area contributed by atoms with Crippen molar-refractivity contribution in [3.05, 3.63) is 34.6 Å². The van der Waals surface area contributed by atoms with Gasteiger partial charge in [-0.2, -0.15) is 0 Å². The Morgan fingerprint density at radius 2 is 2.06 bits per heavy atom. The van der Waals surface area contributed by atoms with E-state index < -0.39 is 5.82 Å². The molecule has 0 saturated heterocycles. The monoisotopic (exact) mass is 269 g/mol. The lowest BCUT2D eigenvalue weighted by Crippen LogP contribution is -2.41. The Hall–Kier alpha value is -1.09. The predicted molar refractivity (Wildman–Crippen MR) is 70.3 cm³/mol. The Bertz CT molecular complexity index is 429. The second kappa shape index (κ2) is 5.70. The van der Waals surface area contributed by atoms with Crippen molar-refractivity contribution in [2.75, 3.05) is 0 Å². The number of amides is 1. The Kier molecular flexibility index (Phi) is 4.23. The number of carbonyl (C=O) groups excluding carboxylic acids is 1. The molecule has 0 aromatic heterocycles. The minimum atomic E-state index is -0.482. The first kappa shape index (κ1) is 13.3. The molecule has 1 N–H and O–H groups in total. The van der Waals surface area contributed by atoms with Gasteiger partial charge >= 0.3 is 0 Å². The molecule has 1 fully saturated rings. The molecule has 1 amide bonds. The lowest BCUT2D eigenvalue weighted by Gasteiger charge is -2.29. The van der Waals surface area contributed by atoms with Gasteiger partial charge in [0.15, 0.2) is 0 Å². The van der Waals surface area contributed by atoms with Crippen LogP contribution in [0, 0.1) is 11.7 Å². The third kappa shape index (κ3) is 3.22. The molecule has 2 unspecified atom stereocenters. The van der Waals surface area contributed by atoms with Crippen molar-refractivity contribution < 1.29 is 9.18 Å². The maximum Gasteiger partial charge on any atom is 0.251 e. The molecular weight excluding hydrogens is 253 g/mol. The van der Waals surface area contributed by atoms with Gasteiger partial charge in [-0.15, -0.1) is 0 Å². The zero-order valence-corrected chi connectivity index (χ0v) is 11.1. The van der Waals surface area contributed by atoms with Crippen LogP contribution in [0.1, 0.15) is 43.0 Å². The van der Waals surface area contributed by atoms with E-state index in [0.29, 0.717) is 5.92 Å². The average Bonchev–Trinajstić information content (AvgIpc) is 2.31. The molecule has 0 bridgehead atoms. The Balaban J connectivity index is 2.06. The van der Waals surface area contributed by atoms with E-state index in [1.165, 1.54) is 24.6 Å². The van der Waals surface area contributed by atoms with Gasteiger partial charge in [-0.1, -0.05) is 31.4 Å². The molecule has 1 saturated carbocycles. The summed E-state index contributed by atoms with van der Waals surface area (Å²) in [6.45, 7) is 2.14. The van der Waals surface area contributed by atoms with Crippen LogP contribution in [0.5, 0.6) is 0 Å². The summed E-state index contributed by atoms with van der Waals surface area (Å²) in [5, 5.41) is 3.22. The number of hydrogen-bond donors (Lipinski definition) is 1. The minimum absolute atomic E-state index is 0.188. The third-order valence-electron chi connectivity index (χ3n) is 3.55. The van der Waals surface area contributed by atoms with E-state index in [9.17, 15) is 9.18 Å². The van der Waals surface area contributed by atoms with Gasteiger partial charge in [0.1, 0.15) is 5.82 Å². The highest BCUT2D eigenvalue weighted by molar-refractivity contribution is 6.31.